The fourth-order valence-electron chi connectivity index (χ4n) is 1.96. The van der Waals surface area contributed by atoms with E-state index in [0.29, 0.717) is 0 Å². The third-order valence-electron chi connectivity index (χ3n) is 2.78. The molecule has 1 N–H and O–H groups in total. The van der Waals surface area contributed by atoms with Crippen molar-refractivity contribution in [2.24, 2.45) is 5.92 Å². The van der Waals surface area contributed by atoms with Gasteiger partial charge in [0.25, 0.3) is 0 Å². The number of carbonyl (C=O) groups excluding carboxylic acids is 1. The Bertz CT molecular complexity index is 445. The Morgan fingerprint density at radius 1 is 1.69 bits per heavy atom. The van der Waals surface area contributed by atoms with Gasteiger partial charge in [0, 0.05) is 28.2 Å². The Kier molecular flexibility index (Phi) is 3.03. The summed E-state index contributed by atoms with van der Waals surface area (Å²) in [5.74, 6) is -1.66. The molecule has 16 heavy (non-hydrogen) atoms. The maximum atomic E-state index is 11.5. The molecular formula is C10H10BrNO3S. The highest BCUT2D eigenvalue weighted by molar-refractivity contribution is 9.10. The summed E-state index contributed by atoms with van der Waals surface area (Å²) < 4.78 is 0.921. The summed E-state index contributed by atoms with van der Waals surface area (Å²) in [4.78, 5) is 25.1. The molecule has 1 aromatic rings. The summed E-state index contributed by atoms with van der Waals surface area (Å²) in [6.07, 6.45) is 0.0893. The lowest BCUT2D eigenvalue weighted by Gasteiger charge is -2.21. The van der Waals surface area contributed by atoms with Gasteiger partial charge in [-0.3, -0.25) is 9.59 Å². The zero-order chi connectivity index (χ0) is 11.9. The van der Waals surface area contributed by atoms with Crippen LogP contribution in [0.2, 0.25) is 0 Å². The Morgan fingerprint density at radius 3 is 2.88 bits per heavy atom. The minimum Gasteiger partial charge on any atom is -0.481 e. The summed E-state index contributed by atoms with van der Waals surface area (Å²) in [5.41, 5.74) is 0. The molecule has 86 valence electrons. The number of hydrogen-bond acceptors (Lipinski definition) is 3. The second kappa shape index (κ2) is 4.18. The molecule has 1 saturated heterocycles. The molecule has 0 radical (unpaired) electrons. The molecule has 6 heteroatoms. The summed E-state index contributed by atoms with van der Waals surface area (Å²) in [6, 6.07) is 1.54. The fraction of sp³-hybridized carbons (Fsp3) is 0.400. The third-order valence-corrected chi connectivity index (χ3v) is 4.55. The number of nitrogens with zero attached hydrogens (tertiary/aromatic N) is 1. The van der Waals surface area contributed by atoms with Crippen LogP contribution in [0.3, 0.4) is 0 Å². The summed E-state index contributed by atoms with van der Waals surface area (Å²) in [5, 5.41) is 11.0. The molecule has 0 saturated carbocycles. The zero-order valence-electron chi connectivity index (χ0n) is 8.51. The predicted molar refractivity (Wildman–Crippen MR) is 63.3 cm³/mol. The molecule has 2 rings (SSSR count). The number of carboxylic acids is 1. The Balaban J connectivity index is 2.36. The average molecular weight is 304 g/mol. The minimum absolute atomic E-state index is 0.0893. The Morgan fingerprint density at radius 2 is 2.38 bits per heavy atom. The number of aliphatic carboxylic acids is 1. The SMILES string of the molecule is CN1C(=O)CC(C(=O)O)C1c1cc(Br)cs1. The van der Waals surface area contributed by atoms with Gasteiger partial charge in [-0.25, -0.2) is 0 Å². The Labute approximate surface area is 105 Å². The monoisotopic (exact) mass is 303 g/mol. The lowest BCUT2D eigenvalue weighted by Crippen LogP contribution is -2.26. The van der Waals surface area contributed by atoms with Crippen molar-refractivity contribution in [3.8, 4) is 0 Å². The Hall–Kier alpha value is -0.880. The second-order valence-corrected chi connectivity index (χ2v) is 5.62. The van der Waals surface area contributed by atoms with Gasteiger partial charge in [0.15, 0.2) is 0 Å². The quantitative estimate of drug-likeness (QED) is 0.910. The minimum atomic E-state index is -0.910. The standard InChI is InChI=1S/C10H10BrNO3S/c1-12-8(13)3-6(10(14)15)9(12)7-2-5(11)4-16-7/h2,4,6,9H,3H2,1H3,(H,14,15). The van der Waals surface area contributed by atoms with Crippen molar-refractivity contribution in [2.45, 2.75) is 12.5 Å². The van der Waals surface area contributed by atoms with Crippen LogP contribution in [0.15, 0.2) is 15.9 Å². The lowest BCUT2D eigenvalue weighted by atomic mass is 9.99. The highest BCUT2D eigenvalue weighted by atomic mass is 79.9. The molecule has 1 aromatic heterocycles. The maximum absolute atomic E-state index is 11.5. The van der Waals surface area contributed by atoms with E-state index in [2.05, 4.69) is 15.9 Å². The molecule has 0 aliphatic carbocycles. The summed E-state index contributed by atoms with van der Waals surface area (Å²) in [7, 11) is 1.66. The highest BCUT2D eigenvalue weighted by Gasteiger charge is 2.43. The molecular weight excluding hydrogens is 294 g/mol. The van der Waals surface area contributed by atoms with E-state index >= 15 is 0 Å². The second-order valence-electron chi connectivity index (χ2n) is 3.77. The normalized spacial score (nSPS) is 25.1. The number of halogens is 1. The molecule has 1 aliphatic heterocycles. The van der Waals surface area contributed by atoms with Crippen LogP contribution < -0.4 is 0 Å². The van der Waals surface area contributed by atoms with E-state index in [9.17, 15) is 9.59 Å². The van der Waals surface area contributed by atoms with Gasteiger partial charge < -0.3 is 10.0 Å². The first kappa shape index (κ1) is 11.6. The van der Waals surface area contributed by atoms with Crippen molar-refractivity contribution in [1.29, 1.82) is 0 Å². The topological polar surface area (TPSA) is 57.6 Å². The van der Waals surface area contributed by atoms with Gasteiger partial charge in [-0.1, -0.05) is 0 Å². The first-order valence-electron chi connectivity index (χ1n) is 4.73. The molecule has 1 aliphatic rings. The van der Waals surface area contributed by atoms with E-state index in [1.165, 1.54) is 16.2 Å². The van der Waals surface area contributed by atoms with Crippen LogP contribution in [-0.4, -0.2) is 28.9 Å². The number of carboxylic acid groups (broad SMARTS) is 1. The summed E-state index contributed by atoms with van der Waals surface area (Å²) >= 11 is 4.80. The third kappa shape index (κ3) is 1.87. The van der Waals surface area contributed by atoms with Crippen LogP contribution >= 0.6 is 27.3 Å². The van der Waals surface area contributed by atoms with Crippen LogP contribution in [0, 0.1) is 5.92 Å². The maximum Gasteiger partial charge on any atom is 0.309 e. The van der Waals surface area contributed by atoms with Crippen LogP contribution in [-0.2, 0) is 9.59 Å². The van der Waals surface area contributed by atoms with Crippen molar-refractivity contribution < 1.29 is 14.7 Å². The van der Waals surface area contributed by atoms with Gasteiger partial charge in [-0.15, -0.1) is 11.3 Å². The van der Waals surface area contributed by atoms with Crippen molar-refractivity contribution >= 4 is 39.1 Å². The van der Waals surface area contributed by atoms with Gasteiger partial charge in [-0.05, 0) is 22.0 Å². The van der Waals surface area contributed by atoms with E-state index in [1.807, 2.05) is 11.4 Å². The van der Waals surface area contributed by atoms with Gasteiger partial charge in [0.1, 0.15) is 0 Å². The van der Waals surface area contributed by atoms with Gasteiger partial charge in [0.2, 0.25) is 5.91 Å². The largest absolute Gasteiger partial charge is 0.481 e. The predicted octanol–water partition coefficient (Wildman–Crippen LogP) is 2.11. The number of rotatable bonds is 2. The lowest BCUT2D eigenvalue weighted by molar-refractivity contribution is -0.142. The first-order chi connectivity index (χ1) is 7.50. The van der Waals surface area contributed by atoms with Gasteiger partial charge >= 0.3 is 5.97 Å². The number of amides is 1. The zero-order valence-corrected chi connectivity index (χ0v) is 10.9. The van der Waals surface area contributed by atoms with Crippen LogP contribution in [0.5, 0.6) is 0 Å². The van der Waals surface area contributed by atoms with Crippen molar-refractivity contribution in [1.82, 2.24) is 4.90 Å². The van der Waals surface area contributed by atoms with Gasteiger partial charge in [-0.2, -0.15) is 0 Å². The fourth-order valence-corrected chi connectivity index (χ4v) is 3.62. The van der Waals surface area contributed by atoms with Gasteiger partial charge in [0.05, 0.1) is 12.0 Å². The molecule has 0 aromatic carbocycles. The molecule has 0 bridgehead atoms. The highest BCUT2D eigenvalue weighted by Crippen LogP contribution is 2.40. The van der Waals surface area contributed by atoms with E-state index < -0.39 is 11.9 Å². The molecule has 1 amide bonds. The van der Waals surface area contributed by atoms with Crippen LogP contribution in [0.1, 0.15) is 17.3 Å². The molecule has 4 nitrogen and oxygen atoms in total. The van der Waals surface area contributed by atoms with E-state index in [4.69, 9.17) is 5.11 Å². The molecule has 2 heterocycles. The summed E-state index contributed by atoms with van der Waals surface area (Å²) in [6.45, 7) is 0. The van der Waals surface area contributed by atoms with E-state index in [1.54, 1.807) is 7.05 Å². The van der Waals surface area contributed by atoms with Crippen molar-refractivity contribution in [3.05, 3.63) is 20.8 Å². The van der Waals surface area contributed by atoms with E-state index in [0.717, 1.165) is 9.35 Å². The molecule has 0 spiro atoms. The number of likely N-dealkylation sites (tertiary alicyclic amines) is 1. The molecule has 2 atom stereocenters. The van der Waals surface area contributed by atoms with Crippen molar-refractivity contribution in [3.63, 3.8) is 0 Å². The number of carbonyl (C=O) groups is 2. The van der Waals surface area contributed by atoms with Crippen LogP contribution in [0.25, 0.3) is 0 Å². The number of hydrogen-bond donors (Lipinski definition) is 1. The van der Waals surface area contributed by atoms with Crippen molar-refractivity contribution in [2.75, 3.05) is 7.05 Å². The number of thiophene rings is 1. The first-order valence-corrected chi connectivity index (χ1v) is 6.40. The molecule has 2 unspecified atom stereocenters. The average Bonchev–Trinajstić information content (AvgIpc) is 2.73. The van der Waals surface area contributed by atoms with Crippen LogP contribution in [0.4, 0.5) is 0 Å². The smallest absolute Gasteiger partial charge is 0.309 e. The van der Waals surface area contributed by atoms with E-state index in [-0.39, 0.29) is 18.4 Å². The molecule has 1 fully saturated rings.